The summed E-state index contributed by atoms with van der Waals surface area (Å²) < 4.78 is 0. The number of allylic oxidation sites excluding steroid dienone is 1. The summed E-state index contributed by atoms with van der Waals surface area (Å²) in [6.07, 6.45) is 2.91. The monoisotopic (exact) mass is 174 g/mol. The Morgan fingerprint density at radius 2 is 2.00 bits per heavy atom. The van der Waals surface area contributed by atoms with Gasteiger partial charge in [0.2, 0.25) is 0 Å². The average Bonchev–Trinajstić information content (AvgIpc) is 2.15. The molecule has 0 aliphatic carbocycles. The average molecular weight is 174 g/mol. The van der Waals surface area contributed by atoms with E-state index in [1.54, 1.807) is 18.2 Å². The highest BCUT2D eigenvalue weighted by Gasteiger charge is 2.01. The van der Waals surface area contributed by atoms with E-state index >= 15 is 0 Å². The molecule has 0 aliphatic rings. The second-order valence-electron chi connectivity index (χ2n) is 2.31. The van der Waals surface area contributed by atoms with Crippen LogP contribution >= 0.6 is 0 Å². The second-order valence-corrected chi connectivity index (χ2v) is 2.31. The topological polar surface area (TPSA) is 66.9 Å². The van der Waals surface area contributed by atoms with Crippen molar-refractivity contribution in [1.82, 2.24) is 0 Å². The molecule has 0 saturated heterocycles. The first kappa shape index (κ1) is 8.94. The maximum Gasteiger partial charge on any atom is 0.269 e. The summed E-state index contributed by atoms with van der Waals surface area (Å²) in [4.78, 5) is 9.80. The van der Waals surface area contributed by atoms with E-state index in [-0.39, 0.29) is 5.69 Å². The summed E-state index contributed by atoms with van der Waals surface area (Å²) in [5.41, 5.74) is 0.821. The third kappa shape index (κ3) is 2.42. The van der Waals surface area contributed by atoms with Crippen LogP contribution in [0.1, 0.15) is 5.56 Å². The molecular weight excluding hydrogens is 168 g/mol. The molecule has 64 valence electrons. The van der Waals surface area contributed by atoms with Crippen LogP contribution in [0, 0.1) is 21.4 Å². The van der Waals surface area contributed by atoms with Crippen molar-refractivity contribution < 1.29 is 4.92 Å². The molecule has 0 spiro atoms. The fraction of sp³-hybridized carbons (Fsp3) is 0. The number of benzene rings is 1. The van der Waals surface area contributed by atoms with Crippen LogP contribution in [-0.4, -0.2) is 4.92 Å². The van der Waals surface area contributed by atoms with E-state index in [4.69, 9.17) is 5.26 Å². The minimum absolute atomic E-state index is 0.0501. The van der Waals surface area contributed by atoms with Gasteiger partial charge in [0.05, 0.1) is 11.0 Å². The summed E-state index contributed by atoms with van der Waals surface area (Å²) in [5.74, 6) is 0. The Hall–Kier alpha value is -2.15. The number of nitro benzene ring substituents is 1. The highest BCUT2D eigenvalue weighted by molar-refractivity contribution is 5.53. The Morgan fingerprint density at radius 3 is 2.46 bits per heavy atom. The number of nitriles is 1. The number of nitrogens with zero attached hydrogens (tertiary/aromatic N) is 2. The molecule has 0 saturated carbocycles. The molecule has 0 unspecified atom stereocenters. The van der Waals surface area contributed by atoms with Crippen LogP contribution in [0.25, 0.3) is 6.08 Å². The largest absolute Gasteiger partial charge is 0.269 e. The van der Waals surface area contributed by atoms with Gasteiger partial charge in [-0.3, -0.25) is 10.1 Å². The van der Waals surface area contributed by atoms with Gasteiger partial charge in [-0.05, 0) is 23.8 Å². The lowest BCUT2D eigenvalue weighted by Crippen LogP contribution is -1.86. The maximum absolute atomic E-state index is 10.3. The summed E-state index contributed by atoms with van der Waals surface area (Å²) in [6, 6.07) is 7.82. The highest BCUT2D eigenvalue weighted by atomic mass is 16.6. The summed E-state index contributed by atoms with van der Waals surface area (Å²) in [6.45, 7) is 0. The summed E-state index contributed by atoms with van der Waals surface area (Å²) >= 11 is 0. The van der Waals surface area contributed by atoms with Gasteiger partial charge in [-0.25, -0.2) is 0 Å². The number of hydrogen-bond donors (Lipinski definition) is 0. The van der Waals surface area contributed by atoms with E-state index in [0.717, 1.165) is 5.56 Å². The van der Waals surface area contributed by atoms with Crippen molar-refractivity contribution >= 4 is 11.8 Å². The van der Waals surface area contributed by atoms with Gasteiger partial charge >= 0.3 is 0 Å². The first-order chi connectivity index (χ1) is 6.24. The normalized spacial score (nSPS) is 9.77. The van der Waals surface area contributed by atoms with E-state index < -0.39 is 4.92 Å². The Balaban J connectivity index is 2.89. The first-order valence-electron chi connectivity index (χ1n) is 3.54. The van der Waals surface area contributed by atoms with Crippen LogP contribution in [0.2, 0.25) is 0 Å². The fourth-order valence-electron chi connectivity index (χ4n) is 0.841. The predicted octanol–water partition coefficient (Wildman–Crippen LogP) is 2.13. The zero-order valence-corrected chi connectivity index (χ0v) is 6.68. The van der Waals surface area contributed by atoms with Gasteiger partial charge in [0.25, 0.3) is 5.69 Å². The van der Waals surface area contributed by atoms with Crippen molar-refractivity contribution in [3.8, 4) is 6.07 Å². The van der Waals surface area contributed by atoms with Crippen molar-refractivity contribution in [3.05, 3.63) is 46.0 Å². The number of non-ortho nitro benzene ring substituents is 1. The second kappa shape index (κ2) is 4.02. The van der Waals surface area contributed by atoms with Crippen LogP contribution in [-0.2, 0) is 0 Å². The van der Waals surface area contributed by atoms with Gasteiger partial charge in [-0.1, -0.05) is 0 Å². The molecule has 4 heteroatoms. The van der Waals surface area contributed by atoms with Crippen LogP contribution in [0.15, 0.2) is 30.3 Å². The molecule has 1 aromatic carbocycles. The quantitative estimate of drug-likeness (QED) is 0.392. The number of rotatable bonds is 2. The van der Waals surface area contributed by atoms with Crippen molar-refractivity contribution in [2.75, 3.05) is 0 Å². The van der Waals surface area contributed by atoms with Crippen LogP contribution < -0.4 is 0 Å². The van der Waals surface area contributed by atoms with E-state index in [1.165, 1.54) is 18.2 Å². The zero-order valence-electron chi connectivity index (χ0n) is 6.68. The molecule has 0 amide bonds. The van der Waals surface area contributed by atoms with E-state index in [1.807, 2.05) is 6.07 Å². The smallest absolute Gasteiger partial charge is 0.258 e. The van der Waals surface area contributed by atoms with E-state index in [2.05, 4.69) is 0 Å². The van der Waals surface area contributed by atoms with E-state index in [9.17, 15) is 10.1 Å². The summed E-state index contributed by atoms with van der Waals surface area (Å²) in [7, 11) is 0. The van der Waals surface area contributed by atoms with Gasteiger partial charge < -0.3 is 0 Å². The highest BCUT2D eigenvalue weighted by Crippen LogP contribution is 2.12. The molecule has 0 heterocycles. The third-order valence-corrected chi connectivity index (χ3v) is 1.45. The molecule has 0 atom stereocenters. The minimum atomic E-state index is -0.461. The number of nitro groups is 1. The first-order valence-corrected chi connectivity index (χ1v) is 3.54. The molecule has 0 N–H and O–H groups in total. The predicted molar refractivity (Wildman–Crippen MR) is 47.7 cm³/mol. The molecule has 1 aromatic rings. The van der Waals surface area contributed by atoms with Gasteiger partial charge in [0, 0.05) is 18.2 Å². The Bertz CT molecular complexity index is 374. The fourth-order valence-corrected chi connectivity index (χ4v) is 0.841. The SMILES string of the molecule is N#C/C=C\c1ccc([N+](=O)[O-])cc1. The van der Waals surface area contributed by atoms with Crippen molar-refractivity contribution in [3.63, 3.8) is 0 Å². The molecule has 0 aromatic heterocycles. The van der Waals surface area contributed by atoms with Gasteiger partial charge in [-0.15, -0.1) is 0 Å². The minimum Gasteiger partial charge on any atom is -0.258 e. The lowest BCUT2D eigenvalue weighted by atomic mass is 10.2. The molecule has 13 heavy (non-hydrogen) atoms. The van der Waals surface area contributed by atoms with Crippen LogP contribution in [0.4, 0.5) is 5.69 Å². The van der Waals surface area contributed by atoms with Gasteiger partial charge in [0.15, 0.2) is 0 Å². The van der Waals surface area contributed by atoms with E-state index in [0.29, 0.717) is 0 Å². The molecule has 0 radical (unpaired) electrons. The maximum atomic E-state index is 10.3. The summed E-state index contributed by atoms with van der Waals surface area (Å²) in [5, 5.41) is 18.5. The standard InChI is InChI=1S/C9H6N2O2/c10-7-1-2-8-3-5-9(6-4-8)11(12)13/h1-6H/b2-1-. The van der Waals surface area contributed by atoms with Crippen molar-refractivity contribution in [1.29, 1.82) is 5.26 Å². The number of hydrogen-bond acceptors (Lipinski definition) is 3. The third-order valence-electron chi connectivity index (χ3n) is 1.45. The molecule has 4 nitrogen and oxygen atoms in total. The van der Waals surface area contributed by atoms with Gasteiger partial charge in [0.1, 0.15) is 0 Å². The molecule has 0 aliphatic heterocycles. The Kier molecular flexibility index (Phi) is 2.77. The molecule has 1 rings (SSSR count). The molecule has 0 bridgehead atoms. The van der Waals surface area contributed by atoms with Crippen molar-refractivity contribution in [2.24, 2.45) is 0 Å². The van der Waals surface area contributed by atoms with Crippen LogP contribution in [0.3, 0.4) is 0 Å². The Labute approximate surface area is 74.9 Å². The Morgan fingerprint density at radius 1 is 1.38 bits per heavy atom. The van der Waals surface area contributed by atoms with Gasteiger partial charge in [-0.2, -0.15) is 5.26 Å². The van der Waals surface area contributed by atoms with Crippen LogP contribution in [0.5, 0.6) is 0 Å². The lowest BCUT2D eigenvalue weighted by Gasteiger charge is -1.91. The van der Waals surface area contributed by atoms with Crippen molar-refractivity contribution in [2.45, 2.75) is 0 Å². The molecular formula is C9H6N2O2. The zero-order chi connectivity index (χ0) is 9.68. The molecule has 0 fully saturated rings. The lowest BCUT2D eigenvalue weighted by molar-refractivity contribution is -0.384.